The lowest BCUT2D eigenvalue weighted by Crippen LogP contribution is -2.40. The maximum atomic E-state index is 12.7. The molecule has 0 radical (unpaired) electrons. The molecule has 1 aromatic rings. The molecule has 94 valence electrons. The molecule has 2 rings (SSSR count). The fourth-order valence-electron chi connectivity index (χ4n) is 1.87. The first-order chi connectivity index (χ1) is 8.49. The second-order valence-electron chi connectivity index (χ2n) is 4.11. The lowest BCUT2D eigenvalue weighted by molar-refractivity contribution is -0.140. The van der Waals surface area contributed by atoms with Crippen molar-refractivity contribution < 1.29 is 18.8 Å². The Bertz CT molecular complexity index is 513. The van der Waals surface area contributed by atoms with Crippen molar-refractivity contribution in [2.75, 3.05) is 0 Å². The molecule has 1 N–H and O–H groups in total. The molecule has 5 nitrogen and oxygen atoms in total. The van der Waals surface area contributed by atoms with Gasteiger partial charge in [-0.3, -0.25) is 19.8 Å². The van der Waals surface area contributed by atoms with Crippen LogP contribution in [0.4, 0.5) is 9.18 Å². The summed E-state index contributed by atoms with van der Waals surface area (Å²) in [4.78, 5) is 34.7. The molecule has 1 aliphatic heterocycles. The van der Waals surface area contributed by atoms with Crippen molar-refractivity contribution in [2.45, 2.75) is 19.4 Å². The molecule has 18 heavy (non-hydrogen) atoms. The maximum absolute atomic E-state index is 12.7. The summed E-state index contributed by atoms with van der Waals surface area (Å²) in [5.41, 5.74) is 0.781. The number of hydrogen-bond acceptors (Lipinski definition) is 3. The molecule has 4 amide bonds. The van der Waals surface area contributed by atoms with Crippen molar-refractivity contribution in [1.82, 2.24) is 10.2 Å². The van der Waals surface area contributed by atoms with Gasteiger partial charge in [-0.2, -0.15) is 0 Å². The Morgan fingerprint density at radius 1 is 1.22 bits per heavy atom. The van der Waals surface area contributed by atoms with E-state index in [4.69, 9.17) is 0 Å². The maximum Gasteiger partial charge on any atom is 0.331 e. The van der Waals surface area contributed by atoms with Gasteiger partial charge in [-0.05, 0) is 31.0 Å². The fourth-order valence-corrected chi connectivity index (χ4v) is 1.87. The van der Waals surface area contributed by atoms with Crippen LogP contribution in [0, 0.1) is 5.82 Å². The van der Waals surface area contributed by atoms with E-state index in [2.05, 4.69) is 0 Å². The van der Waals surface area contributed by atoms with Gasteiger partial charge in [0.25, 0.3) is 0 Å². The number of carbonyl (C=O) groups is 3. The number of amides is 4. The Morgan fingerprint density at radius 3 is 2.33 bits per heavy atom. The number of halogens is 1. The van der Waals surface area contributed by atoms with Crippen LogP contribution in [-0.4, -0.2) is 28.8 Å². The third-order valence-electron chi connectivity index (χ3n) is 2.74. The van der Waals surface area contributed by atoms with Crippen LogP contribution < -0.4 is 5.32 Å². The van der Waals surface area contributed by atoms with Gasteiger partial charge in [-0.1, -0.05) is 12.1 Å². The number of rotatable bonds is 3. The van der Waals surface area contributed by atoms with E-state index in [1.165, 1.54) is 12.1 Å². The van der Waals surface area contributed by atoms with Crippen LogP contribution in [0.2, 0.25) is 0 Å². The summed E-state index contributed by atoms with van der Waals surface area (Å²) < 4.78 is 12.7. The minimum absolute atomic E-state index is 0.350. The predicted molar refractivity (Wildman–Crippen MR) is 60.0 cm³/mol. The van der Waals surface area contributed by atoms with Crippen molar-refractivity contribution in [2.24, 2.45) is 0 Å². The average molecular weight is 250 g/mol. The van der Waals surface area contributed by atoms with Gasteiger partial charge in [0.05, 0.1) is 0 Å². The largest absolute Gasteiger partial charge is 0.331 e. The van der Waals surface area contributed by atoms with E-state index in [9.17, 15) is 18.8 Å². The Morgan fingerprint density at radius 2 is 1.83 bits per heavy atom. The SMILES string of the molecule is CC(Cc1ccc(F)cc1)N1C(=O)NC(=O)C1=O. The molecule has 6 heteroatoms. The first-order valence-corrected chi connectivity index (χ1v) is 5.42. The Kier molecular flexibility index (Phi) is 3.10. The summed E-state index contributed by atoms with van der Waals surface area (Å²) in [6, 6.07) is 4.59. The van der Waals surface area contributed by atoms with Crippen molar-refractivity contribution >= 4 is 17.8 Å². The fraction of sp³-hybridized carbons (Fsp3) is 0.250. The van der Waals surface area contributed by atoms with Crippen LogP contribution in [0.3, 0.4) is 0 Å². The third-order valence-corrected chi connectivity index (χ3v) is 2.74. The molecule has 1 heterocycles. The number of nitrogens with one attached hydrogen (secondary N) is 1. The number of imide groups is 2. The number of benzene rings is 1. The second kappa shape index (κ2) is 4.56. The third kappa shape index (κ3) is 2.22. The summed E-state index contributed by atoms with van der Waals surface area (Å²) in [5, 5.41) is 1.93. The average Bonchev–Trinajstić information content (AvgIpc) is 2.56. The molecular formula is C12H11FN2O3. The molecule has 1 fully saturated rings. The minimum atomic E-state index is -0.911. The Hall–Kier alpha value is -2.24. The van der Waals surface area contributed by atoms with E-state index in [1.54, 1.807) is 19.1 Å². The van der Waals surface area contributed by atoms with Crippen molar-refractivity contribution in [3.63, 3.8) is 0 Å². The number of urea groups is 1. The van der Waals surface area contributed by atoms with Crippen LogP contribution in [0.25, 0.3) is 0 Å². The summed E-state index contributed by atoms with van der Waals surface area (Å²) in [6.07, 6.45) is 0.368. The Labute approximate surface area is 103 Å². The minimum Gasteiger partial charge on any atom is -0.269 e. The van der Waals surface area contributed by atoms with E-state index < -0.39 is 23.9 Å². The molecule has 1 aliphatic rings. The standard InChI is InChI=1S/C12H11FN2O3/c1-7(6-8-2-4-9(13)5-3-8)15-11(17)10(16)14-12(15)18/h2-5,7H,6H2,1H3,(H,14,16,18). The van der Waals surface area contributed by atoms with Crippen LogP contribution >= 0.6 is 0 Å². The molecule has 0 spiro atoms. The highest BCUT2D eigenvalue weighted by Gasteiger charge is 2.39. The van der Waals surface area contributed by atoms with Gasteiger partial charge in [0, 0.05) is 6.04 Å². The van der Waals surface area contributed by atoms with Gasteiger partial charge in [-0.25, -0.2) is 9.18 Å². The smallest absolute Gasteiger partial charge is 0.269 e. The summed E-state index contributed by atoms with van der Waals surface area (Å²) in [5.74, 6) is -2.11. The lowest BCUT2D eigenvalue weighted by atomic mass is 10.1. The van der Waals surface area contributed by atoms with Gasteiger partial charge < -0.3 is 0 Å². The van der Waals surface area contributed by atoms with Crippen LogP contribution in [-0.2, 0) is 16.0 Å². The van der Waals surface area contributed by atoms with Crippen molar-refractivity contribution in [3.05, 3.63) is 35.6 Å². The first kappa shape index (κ1) is 12.2. The highest BCUT2D eigenvalue weighted by Crippen LogP contribution is 2.13. The molecule has 1 atom stereocenters. The van der Waals surface area contributed by atoms with Gasteiger partial charge in [0.1, 0.15) is 5.82 Å². The van der Waals surface area contributed by atoms with E-state index in [-0.39, 0.29) is 5.82 Å². The van der Waals surface area contributed by atoms with Gasteiger partial charge in [0.2, 0.25) is 0 Å². The molecular weight excluding hydrogens is 239 g/mol. The summed E-state index contributed by atoms with van der Waals surface area (Å²) in [7, 11) is 0. The summed E-state index contributed by atoms with van der Waals surface area (Å²) in [6.45, 7) is 1.65. The molecule has 0 aliphatic carbocycles. The summed E-state index contributed by atoms with van der Waals surface area (Å²) >= 11 is 0. The topological polar surface area (TPSA) is 66.5 Å². The van der Waals surface area contributed by atoms with Crippen LogP contribution in [0.15, 0.2) is 24.3 Å². The van der Waals surface area contributed by atoms with Crippen molar-refractivity contribution in [3.8, 4) is 0 Å². The molecule has 0 saturated carbocycles. The van der Waals surface area contributed by atoms with Crippen LogP contribution in [0.1, 0.15) is 12.5 Å². The first-order valence-electron chi connectivity index (χ1n) is 5.42. The zero-order valence-electron chi connectivity index (χ0n) is 9.64. The van der Waals surface area contributed by atoms with Gasteiger partial charge in [0.15, 0.2) is 0 Å². The monoisotopic (exact) mass is 250 g/mol. The lowest BCUT2D eigenvalue weighted by Gasteiger charge is -2.20. The highest BCUT2D eigenvalue weighted by molar-refractivity contribution is 6.44. The molecule has 0 aromatic heterocycles. The van der Waals surface area contributed by atoms with E-state index >= 15 is 0 Å². The van der Waals surface area contributed by atoms with E-state index in [0.717, 1.165) is 10.5 Å². The normalized spacial score (nSPS) is 17.0. The van der Waals surface area contributed by atoms with Crippen molar-refractivity contribution in [1.29, 1.82) is 0 Å². The predicted octanol–water partition coefficient (Wildman–Crippen LogP) is 0.835. The number of carbonyl (C=O) groups excluding carboxylic acids is 3. The van der Waals surface area contributed by atoms with Gasteiger partial charge in [-0.15, -0.1) is 0 Å². The van der Waals surface area contributed by atoms with Crippen LogP contribution in [0.5, 0.6) is 0 Å². The molecule has 1 aromatic carbocycles. The zero-order valence-corrected chi connectivity index (χ0v) is 9.64. The second-order valence-corrected chi connectivity index (χ2v) is 4.11. The van der Waals surface area contributed by atoms with E-state index in [0.29, 0.717) is 6.42 Å². The van der Waals surface area contributed by atoms with E-state index in [1.807, 2.05) is 5.32 Å². The van der Waals surface area contributed by atoms with Gasteiger partial charge >= 0.3 is 17.8 Å². The number of hydrogen-bond donors (Lipinski definition) is 1. The quantitative estimate of drug-likeness (QED) is 0.638. The zero-order chi connectivity index (χ0) is 13.3. The number of nitrogens with zero attached hydrogens (tertiary/aromatic N) is 1. The molecule has 1 saturated heterocycles. The Balaban J connectivity index is 2.10. The molecule has 1 unspecified atom stereocenters. The molecule has 0 bridgehead atoms. The highest BCUT2D eigenvalue weighted by atomic mass is 19.1.